The van der Waals surface area contributed by atoms with Crippen LogP contribution in [0.3, 0.4) is 0 Å². The van der Waals surface area contributed by atoms with E-state index in [4.69, 9.17) is 10.5 Å². The second-order valence-corrected chi connectivity index (χ2v) is 7.76. The number of carbonyl (C=O) groups excluding carboxylic acids is 1. The molecule has 0 aliphatic carbocycles. The molecule has 21 heavy (non-hydrogen) atoms. The number of hydrogen-bond acceptors (Lipinski definition) is 6. The van der Waals surface area contributed by atoms with Gasteiger partial charge in [0, 0.05) is 26.5 Å². The van der Waals surface area contributed by atoms with Gasteiger partial charge >= 0.3 is 0 Å². The number of methoxy groups -OCH3 is 1. The first-order chi connectivity index (χ1) is 9.67. The Kier molecular flexibility index (Phi) is 9.76. The van der Waals surface area contributed by atoms with Gasteiger partial charge in [-0.25, -0.2) is 8.42 Å². The molecule has 0 aromatic heterocycles. The Bertz CT molecular complexity index is 398. The highest BCUT2D eigenvalue weighted by molar-refractivity contribution is 7.90. The van der Waals surface area contributed by atoms with Crippen LogP contribution in [-0.2, 0) is 19.4 Å². The van der Waals surface area contributed by atoms with Crippen molar-refractivity contribution in [3.05, 3.63) is 0 Å². The van der Waals surface area contributed by atoms with E-state index in [2.05, 4.69) is 0 Å². The zero-order valence-electron chi connectivity index (χ0n) is 13.5. The van der Waals surface area contributed by atoms with Crippen LogP contribution in [0, 0.1) is 0 Å². The van der Waals surface area contributed by atoms with Gasteiger partial charge in [0.15, 0.2) is 0 Å². The summed E-state index contributed by atoms with van der Waals surface area (Å²) in [6.45, 7) is 2.37. The van der Waals surface area contributed by atoms with E-state index in [0.717, 1.165) is 19.2 Å². The smallest absolute Gasteiger partial charge is 0.239 e. The Morgan fingerprint density at radius 1 is 1.24 bits per heavy atom. The largest absolute Gasteiger partial charge is 0.383 e. The van der Waals surface area contributed by atoms with Gasteiger partial charge in [0.2, 0.25) is 5.91 Å². The molecule has 0 aliphatic heterocycles. The number of amides is 1. The molecular weight excluding hydrogens is 294 g/mol. The molecule has 0 saturated carbocycles. The molecule has 1 atom stereocenters. The summed E-state index contributed by atoms with van der Waals surface area (Å²) >= 11 is 0. The fourth-order valence-electron chi connectivity index (χ4n) is 1.81. The summed E-state index contributed by atoms with van der Waals surface area (Å²) < 4.78 is 27.3. The Hall–Kier alpha value is -0.700. The minimum atomic E-state index is -3.11. The van der Waals surface area contributed by atoms with Crippen LogP contribution in [0.4, 0.5) is 0 Å². The first kappa shape index (κ1) is 20.3. The van der Waals surface area contributed by atoms with Gasteiger partial charge in [0.05, 0.1) is 18.4 Å². The van der Waals surface area contributed by atoms with Crippen LogP contribution < -0.4 is 5.73 Å². The van der Waals surface area contributed by atoms with Crippen molar-refractivity contribution in [2.75, 3.05) is 59.5 Å². The van der Waals surface area contributed by atoms with Gasteiger partial charge < -0.3 is 20.3 Å². The van der Waals surface area contributed by atoms with Crippen LogP contribution in [0.2, 0.25) is 0 Å². The lowest BCUT2D eigenvalue weighted by Crippen LogP contribution is -2.46. The standard InChI is InChI=1S/C13H29N3O4S/c1-15(2)7-5-8-16(9-10-20-3)13(17)12(14)6-11-21(4,18)19/h12H,5-11,14H2,1-4H3. The minimum Gasteiger partial charge on any atom is -0.383 e. The molecule has 0 aromatic carbocycles. The normalized spacial score (nSPS) is 13.4. The first-order valence-electron chi connectivity index (χ1n) is 7.03. The Morgan fingerprint density at radius 2 is 1.86 bits per heavy atom. The molecule has 126 valence electrons. The van der Waals surface area contributed by atoms with Crippen molar-refractivity contribution in [2.45, 2.75) is 18.9 Å². The van der Waals surface area contributed by atoms with Crippen LogP contribution in [0.5, 0.6) is 0 Å². The number of sulfone groups is 1. The van der Waals surface area contributed by atoms with Crippen LogP contribution >= 0.6 is 0 Å². The Morgan fingerprint density at radius 3 is 2.33 bits per heavy atom. The maximum absolute atomic E-state index is 12.3. The SMILES string of the molecule is COCCN(CCCN(C)C)C(=O)C(N)CCS(C)(=O)=O. The van der Waals surface area contributed by atoms with Crippen molar-refractivity contribution in [1.29, 1.82) is 0 Å². The number of carbonyl (C=O) groups is 1. The highest BCUT2D eigenvalue weighted by atomic mass is 32.2. The molecule has 1 amide bonds. The predicted octanol–water partition coefficient (Wildman–Crippen LogP) is -0.825. The number of nitrogens with two attached hydrogens (primary N) is 1. The summed E-state index contributed by atoms with van der Waals surface area (Å²) in [4.78, 5) is 16.0. The van der Waals surface area contributed by atoms with Crippen molar-refractivity contribution in [3.63, 3.8) is 0 Å². The quantitative estimate of drug-likeness (QED) is 0.534. The minimum absolute atomic E-state index is 0.0737. The number of ether oxygens (including phenoxy) is 1. The second kappa shape index (κ2) is 10.1. The second-order valence-electron chi connectivity index (χ2n) is 5.50. The fourth-order valence-corrected chi connectivity index (χ4v) is 2.49. The molecule has 0 bridgehead atoms. The van der Waals surface area contributed by atoms with Crippen molar-refractivity contribution in [1.82, 2.24) is 9.80 Å². The maximum Gasteiger partial charge on any atom is 0.239 e. The molecule has 0 saturated heterocycles. The van der Waals surface area contributed by atoms with E-state index in [1.54, 1.807) is 12.0 Å². The lowest BCUT2D eigenvalue weighted by atomic mass is 10.2. The highest BCUT2D eigenvalue weighted by Gasteiger charge is 2.21. The fraction of sp³-hybridized carbons (Fsp3) is 0.923. The van der Waals surface area contributed by atoms with Gasteiger partial charge in [-0.15, -0.1) is 0 Å². The van der Waals surface area contributed by atoms with Crippen LogP contribution in [0.25, 0.3) is 0 Å². The van der Waals surface area contributed by atoms with Crippen LogP contribution in [-0.4, -0.2) is 89.6 Å². The maximum atomic E-state index is 12.3. The summed E-state index contributed by atoms with van der Waals surface area (Å²) in [6, 6.07) is -0.782. The number of nitrogens with zero attached hydrogens (tertiary/aromatic N) is 2. The zero-order valence-corrected chi connectivity index (χ0v) is 14.4. The van der Waals surface area contributed by atoms with Crippen molar-refractivity contribution in [3.8, 4) is 0 Å². The molecule has 0 heterocycles. The van der Waals surface area contributed by atoms with Crippen molar-refractivity contribution in [2.24, 2.45) is 5.73 Å². The summed E-state index contributed by atoms with van der Waals surface area (Å²) in [5.41, 5.74) is 5.82. The number of rotatable bonds is 11. The van der Waals surface area contributed by atoms with Crippen molar-refractivity contribution < 1.29 is 17.9 Å². The van der Waals surface area contributed by atoms with E-state index in [1.807, 2.05) is 19.0 Å². The molecule has 0 radical (unpaired) electrons. The first-order valence-corrected chi connectivity index (χ1v) is 9.09. The molecule has 0 aliphatic rings. The van der Waals surface area contributed by atoms with Gasteiger partial charge in [0.25, 0.3) is 0 Å². The van der Waals surface area contributed by atoms with Crippen molar-refractivity contribution >= 4 is 15.7 Å². The van der Waals surface area contributed by atoms with E-state index in [-0.39, 0.29) is 18.1 Å². The number of hydrogen-bond donors (Lipinski definition) is 1. The van der Waals surface area contributed by atoms with Gasteiger partial charge in [0.1, 0.15) is 9.84 Å². The monoisotopic (exact) mass is 323 g/mol. The molecule has 8 heteroatoms. The van der Waals surface area contributed by atoms with Crippen LogP contribution in [0.1, 0.15) is 12.8 Å². The van der Waals surface area contributed by atoms with E-state index in [0.29, 0.717) is 19.7 Å². The van der Waals surface area contributed by atoms with Gasteiger partial charge in [-0.1, -0.05) is 0 Å². The lowest BCUT2D eigenvalue weighted by Gasteiger charge is -2.26. The molecule has 0 spiro atoms. The summed E-state index contributed by atoms with van der Waals surface area (Å²) in [6.07, 6.45) is 2.13. The highest BCUT2D eigenvalue weighted by Crippen LogP contribution is 2.02. The molecule has 1 unspecified atom stereocenters. The summed E-state index contributed by atoms with van der Waals surface area (Å²) in [5.74, 6) is -0.287. The summed E-state index contributed by atoms with van der Waals surface area (Å²) in [5, 5.41) is 0. The molecule has 7 nitrogen and oxygen atoms in total. The summed E-state index contributed by atoms with van der Waals surface area (Å²) in [7, 11) is 2.41. The Labute approximate surface area is 128 Å². The third-order valence-electron chi connectivity index (χ3n) is 3.03. The average Bonchev–Trinajstić information content (AvgIpc) is 2.37. The molecule has 0 rings (SSSR count). The zero-order chi connectivity index (χ0) is 16.5. The molecule has 2 N–H and O–H groups in total. The Balaban J connectivity index is 4.46. The van der Waals surface area contributed by atoms with Gasteiger partial charge in [-0.05, 0) is 33.5 Å². The lowest BCUT2D eigenvalue weighted by molar-refractivity contribution is -0.133. The van der Waals surface area contributed by atoms with E-state index in [1.165, 1.54) is 0 Å². The molecular formula is C13H29N3O4S. The topological polar surface area (TPSA) is 92.9 Å². The molecule has 0 fully saturated rings. The van der Waals surface area contributed by atoms with Crippen LogP contribution in [0.15, 0.2) is 0 Å². The van der Waals surface area contributed by atoms with E-state index < -0.39 is 15.9 Å². The van der Waals surface area contributed by atoms with E-state index >= 15 is 0 Å². The third kappa shape index (κ3) is 10.6. The van der Waals surface area contributed by atoms with E-state index in [9.17, 15) is 13.2 Å². The van der Waals surface area contributed by atoms with Gasteiger partial charge in [-0.3, -0.25) is 4.79 Å². The third-order valence-corrected chi connectivity index (χ3v) is 4.00. The predicted molar refractivity (Wildman–Crippen MR) is 83.9 cm³/mol. The van der Waals surface area contributed by atoms with Gasteiger partial charge in [-0.2, -0.15) is 0 Å². The molecule has 0 aromatic rings. The average molecular weight is 323 g/mol.